The summed E-state index contributed by atoms with van der Waals surface area (Å²) in [4.78, 5) is 12.6. The minimum absolute atomic E-state index is 0.0794. The standard InChI is InChI=1S/C19H27BrN2O3S/c1-19(2,3)22-26(24,25)15-9-10-17(20)16(13-15)18(23)21-12-11-14-7-5-4-6-8-14/h7,9-10,13,22H,4-6,8,11-12H2,1-3H3,(H,21,23). The largest absolute Gasteiger partial charge is 0.352 e. The van der Waals surface area contributed by atoms with Crippen molar-refractivity contribution in [2.45, 2.75) is 63.3 Å². The molecule has 0 unspecified atom stereocenters. The van der Waals surface area contributed by atoms with E-state index in [1.54, 1.807) is 26.8 Å². The van der Waals surface area contributed by atoms with Crippen LogP contribution in [0.15, 0.2) is 39.2 Å². The topological polar surface area (TPSA) is 75.3 Å². The quantitative estimate of drug-likeness (QED) is 0.649. The van der Waals surface area contributed by atoms with Gasteiger partial charge in [-0.15, -0.1) is 0 Å². The summed E-state index contributed by atoms with van der Waals surface area (Å²) in [6.45, 7) is 5.87. The lowest BCUT2D eigenvalue weighted by Crippen LogP contribution is -2.40. The number of nitrogens with one attached hydrogen (secondary N) is 2. The molecule has 26 heavy (non-hydrogen) atoms. The van der Waals surface area contributed by atoms with Gasteiger partial charge in [0.05, 0.1) is 10.5 Å². The lowest BCUT2D eigenvalue weighted by atomic mass is 9.97. The lowest BCUT2D eigenvalue weighted by molar-refractivity contribution is 0.0953. The number of carbonyl (C=O) groups is 1. The molecule has 1 aliphatic rings. The van der Waals surface area contributed by atoms with Crippen molar-refractivity contribution in [2.24, 2.45) is 0 Å². The van der Waals surface area contributed by atoms with E-state index >= 15 is 0 Å². The molecule has 0 aromatic heterocycles. The van der Waals surface area contributed by atoms with Crippen molar-refractivity contribution >= 4 is 31.9 Å². The SMILES string of the molecule is CC(C)(C)NS(=O)(=O)c1ccc(Br)c(C(=O)NCCC2=CCCCC2)c1. The van der Waals surface area contributed by atoms with Crippen LogP contribution in [0.5, 0.6) is 0 Å². The molecule has 0 bridgehead atoms. The highest BCUT2D eigenvalue weighted by atomic mass is 79.9. The van der Waals surface area contributed by atoms with Gasteiger partial charge in [-0.1, -0.05) is 11.6 Å². The van der Waals surface area contributed by atoms with Gasteiger partial charge in [0.1, 0.15) is 0 Å². The second kappa shape index (κ2) is 8.67. The van der Waals surface area contributed by atoms with Gasteiger partial charge in [0.15, 0.2) is 0 Å². The van der Waals surface area contributed by atoms with Gasteiger partial charge in [-0.25, -0.2) is 13.1 Å². The third-order valence-electron chi connectivity index (χ3n) is 4.05. The number of sulfonamides is 1. The lowest BCUT2D eigenvalue weighted by Gasteiger charge is -2.20. The number of rotatable bonds is 6. The molecule has 2 rings (SSSR count). The van der Waals surface area contributed by atoms with E-state index in [0.29, 0.717) is 16.6 Å². The zero-order chi connectivity index (χ0) is 19.4. The Labute approximate surface area is 164 Å². The van der Waals surface area contributed by atoms with Crippen molar-refractivity contribution in [1.29, 1.82) is 0 Å². The summed E-state index contributed by atoms with van der Waals surface area (Å²) in [6, 6.07) is 4.49. The molecule has 0 radical (unpaired) electrons. The molecule has 0 spiro atoms. The summed E-state index contributed by atoms with van der Waals surface area (Å²) in [7, 11) is -3.69. The molecule has 0 fully saturated rings. The first-order valence-electron chi connectivity index (χ1n) is 8.88. The van der Waals surface area contributed by atoms with E-state index in [9.17, 15) is 13.2 Å². The number of allylic oxidation sites excluding steroid dienone is 1. The van der Waals surface area contributed by atoms with Gasteiger partial charge in [0.2, 0.25) is 10.0 Å². The van der Waals surface area contributed by atoms with Gasteiger partial charge in [-0.3, -0.25) is 4.79 Å². The van der Waals surface area contributed by atoms with Gasteiger partial charge in [-0.05, 0) is 87.0 Å². The minimum Gasteiger partial charge on any atom is -0.352 e. The average Bonchev–Trinajstić information content (AvgIpc) is 2.53. The van der Waals surface area contributed by atoms with E-state index in [1.807, 2.05) is 0 Å². The molecule has 0 saturated heterocycles. The van der Waals surface area contributed by atoms with Gasteiger partial charge in [0, 0.05) is 16.6 Å². The highest BCUT2D eigenvalue weighted by Crippen LogP contribution is 2.23. The third-order valence-corrected chi connectivity index (χ3v) is 6.50. The van der Waals surface area contributed by atoms with E-state index in [2.05, 4.69) is 32.0 Å². The second-order valence-electron chi connectivity index (χ2n) is 7.61. The fourth-order valence-corrected chi connectivity index (χ4v) is 4.74. The Morgan fingerprint density at radius 1 is 1.23 bits per heavy atom. The molecule has 7 heteroatoms. The molecule has 0 heterocycles. The van der Waals surface area contributed by atoms with Crippen LogP contribution in [0, 0.1) is 0 Å². The Morgan fingerprint density at radius 2 is 1.96 bits per heavy atom. The monoisotopic (exact) mass is 442 g/mol. The summed E-state index contributed by atoms with van der Waals surface area (Å²) in [5.74, 6) is -0.277. The Hall–Kier alpha value is -1.18. The van der Waals surface area contributed by atoms with E-state index in [-0.39, 0.29) is 10.8 Å². The Balaban J connectivity index is 2.08. The fraction of sp³-hybridized carbons (Fsp3) is 0.526. The molecule has 5 nitrogen and oxygen atoms in total. The molecule has 1 amide bonds. The first-order valence-corrected chi connectivity index (χ1v) is 11.2. The molecular weight excluding hydrogens is 416 g/mol. The Kier molecular flexibility index (Phi) is 7.05. The maximum atomic E-state index is 12.5. The minimum atomic E-state index is -3.69. The van der Waals surface area contributed by atoms with Crippen molar-refractivity contribution < 1.29 is 13.2 Å². The molecule has 2 N–H and O–H groups in total. The Bertz CT molecular complexity index is 795. The van der Waals surface area contributed by atoms with Crippen LogP contribution >= 0.6 is 15.9 Å². The zero-order valence-electron chi connectivity index (χ0n) is 15.6. The summed E-state index contributed by atoms with van der Waals surface area (Å²) < 4.78 is 28.1. The predicted octanol–water partition coefficient (Wildman–Crippen LogP) is 4.15. The molecule has 1 aromatic rings. The maximum absolute atomic E-state index is 12.5. The van der Waals surface area contributed by atoms with E-state index < -0.39 is 15.6 Å². The van der Waals surface area contributed by atoms with Gasteiger partial charge in [-0.2, -0.15) is 0 Å². The zero-order valence-corrected chi connectivity index (χ0v) is 18.0. The van der Waals surface area contributed by atoms with Crippen molar-refractivity contribution in [1.82, 2.24) is 10.0 Å². The first kappa shape index (κ1) is 21.1. The van der Waals surface area contributed by atoms with Crippen molar-refractivity contribution in [3.8, 4) is 0 Å². The highest BCUT2D eigenvalue weighted by Gasteiger charge is 2.23. The van der Waals surface area contributed by atoms with Crippen LogP contribution < -0.4 is 10.0 Å². The van der Waals surface area contributed by atoms with Gasteiger partial charge in [0.25, 0.3) is 5.91 Å². The number of carbonyl (C=O) groups excluding carboxylic acids is 1. The van der Waals surface area contributed by atoms with E-state index in [0.717, 1.165) is 19.3 Å². The first-order chi connectivity index (χ1) is 12.1. The summed E-state index contributed by atoms with van der Waals surface area (Å²) in [5, 5.41) is 2.89. The summed E-state index contributed by atoms with van der Waals surface area (Å²) in [6.07, 6.45) is 7.78. The third kappa shape index (κ3) is 6.21. The van der Waals surface area contributed by atoms with E-state index in [4.69, 9.17) is 0 Å². The molecule has 1 aliphatic carbocycles. The average molecular weight is 443 g/mol. The Morgan fingerprint density at radius 3 is 2.58 bits per heavy atom. The van der Waals surface area contributed by atoms with Crippen LogP contribution in [0.3, 0.4) is 0 Å². The summed E-state index contributed by atoms with van der Waals surface area (Å²) in [5.41, 5.74) is 1.11. The van der Waals surface area contributed by atoms with Gasteiger partial charge < -0.3 is 5.32 Å². The van der Waals surface area contributed by atoms with Crippen LogP contribution in [0.2, 0.25) is 0 Å². The fourth-order valence-electron chi connectivity index (χ4n) is 2.87. The number of amides is 1. The molecular formula is C19H27BrN2O3S. The predicted molar refractivity (Wildman–Crippen MR) is 108 cm³/mol. The number of benzene rings is 1. The normalized spacial score (nSPS) is 15.5. The van der Waals surface area contributed by atoms with Gasteiger partial charge >= 0.3 is 0 Å². The molecule has 0 saturated carbocycles. The van der Waals surface area contributed by atoms with Crippen molar-refractivity contribution in [2.75, 3.05) is 6.54 Å². The molecule has 1 aromatic carbocycles. The molecule has 0 atom stereocenters. The smallest absolute Gasteiger partial charge is 0.252 e. The van der Waals surface area contributed by atoms with Crippen LogP contribution in [0.1, 0.15) is 63.2 Å². The molecule has 144 valence electrons. The van der Waals surface area contributed by atoms with E-state index in [1.165, 1.54) is 30.5 Å². The second-order valence-corrected chi connectivity index (χ2v) is 10.1. The van der Waals surface area contributed by atoms with Crippen molar-refractivity contribution in [3.05, 3.63) is 39.9 Å². The maximum Gasteiger partial charge on any atom is 0.252 e. The van der Waals surface area contributed by atoms with Crippen molar-refractivity contribution in [3.63, 3.8) is 0 Å². The van der Waals surface area contributed by atoms with Crippen LogP contribution in [0.4, 0.5) is 0 Å². The summed E-state index contributed by atoms with van der Waals surface area (Å²) >= 11 is 3.34. The molecule has 0 aliphatic heterocycles. The number of hydrogen-bond acceptors (Lipinski definition) is 3. The van der Waals surface area contributed by atoms with Crippen LogP contribution in [-0.4, -0.2) is 26.4 Å². The number of halogens is 1. The highest BCUT2D eigenvalue weighted by molar-refractivity contribution is 9.10. The van der Waals surface area contributed by atoms with Crippen LogP contribution in [0.25, 0.3) is 0 Å². The van der Waals surface area contributed by atoms with Crippen LogP contribution in [-0.2, 0) is 10.0 Å². The number of hydrogen-bond donors (Lipinski definition) is 2.